The molecule has 0 aromatic heterocycles. The highest BCUT2D eigenvalue weighted by molar-refractivity contribution is 5.28. The molecule has 0 bridgehead atoms. The minimum absolute atomic E-state index is 0.691. The molecule has 2 aliphatic carbocycles. The van der Waals surface area contributed by atoms with E-state index in [1.54, 1.807) is 5.57 Å². The standard InChI is InChI=1S/C13H18/c1-10(2)12-9-5-7-11-6-3-4-8-13(11)12/h3,5-7,9-11,13H,4,8H2,1-2H3. The van der Waals surface area contributed by atoms with Crippen LogP contribution in [0.5, 0.6) is 0 Å². The second kappa shape index (κ2) is 3.53. The SMILES string of the molecule is CC(C)C1=CC=CC2C=CCCC12. The van der Waals surface area contributed by atoms with Gasteiger partial charge in [-0.05, 0) is 24.7 Å². The van der Waals surface area contributed by atoms with Crippen molar-refractivity contribution < 1.29 is 0 Å². The first-order valence-corrected chi connectivity index (χ1v) is 5.34. The molecule has 0 nitrogen and oxygen atoms in total. The summed E-state index contributed by atoms with van der Waals surface area (Å²) in [6, 6.07) is 0. The van der Waals surface area contributed by atoms with Crippen LogP contribution in [0.25, 0.3) is 0 Å². The van der Waals surface area contributed by atoms with Crippen LogP contribution in [-0.2, 0) is 0 Å². The minimum atomic E-state index is 0.691. The summed E-state index contributed by atoms with van der Waals surface area (Å²) >= 11 is 0. The lowest BCUT2D eigenvalue weighted by Gasteiger charge is -2.32. The third-order valence-electron chi connectivity index (χ3n) is 3.18. The van der Waals surface area contributed by atoms with Crippen molar-refractivity contribution in [2.45, 2.75) is 26.7 Å². The summed E-state index contributed by atoms with van der Waals surface area (Å²) in [4.78, 5) is 0. The van der Waals surface area contributed by atoms with Gasteiger partial charge in [0.25, 0.3) is 0 Å². The van der Waals surface area contributed by atoms with E-state index in [-0.39, 0.29) is 0 Å². The molecule has 70 valence electrons. The van der Waals surface area contributed by atoms with Crippen LogP contribution in [0.2, 0.25) is 0 Å². The van der Waals surface area contributed by atoms with Gasteiger partial charge in [-0.25, -0.2) is 0 Å². The van der Waals surface area contributed by atoms with Gasteiger partial charge in [-0.1, -0.05) is 49.8 Å². The molecule has 2 atom stereocenters. The zero-order chi connectivity index (χ0) is 9.26. The molecular formula is C13H18. The molecule has 0 aliphatic heterocycles. The maximum absolute atomic E-state index is 2.38. The van der Waals surface area contributed by atoms with Gasteiger partial charge >= 0.3 is 0 Å². The van der Waals surface area contributed by atoms with Crippen molar-refractivity contribution in [2.24, 2.45) is 17.8 Å². The number of allylic oxidation sites excluding steroid dienone is 6. The Labute approximate surface area is 81.0 Å². The molecular weight excluding hydrogens is 156 g/mol. The summed E-state index contributed by atoms with van der Waals surface area (Å²) in [6.07, 6.45) is 14.2. The van der Waals surface area contributed by atoms with E-state index in [4.69, 9.17) is 0 Å². The Hall–Kier alpha value is -0.780. The first kappa shape index (κ1) is 8.80. The zero-order valence-corrected chi connectivity index (χ0v) is 8.53. The van der Waals surface area contributed by atoms with Crippen molar-refractivity contribution in [3.8, 4) is 0 Å². The van der Waals surface area contributed by atoms with Crippen LogP contribution < -0.4 is 0 Å². The van der Waals surface area contributed by atoms with E-state index in [1.807, 2.05) is 0 Å². The summed E-state index contributed by atoms with van der Waals surface area (Å²) < 4.78 is 0. The largest absolute Gasteiger partial charge is 0.0879 e. The van der Waals surface area contributed by atoms with Crippen molar-refractivity contribution in [1.29, 1.82) is 0 Å². The lowest BCUT2D eigenvalue weighted by atomic mass is 9.73. The van der Waals surface area contributed by atoms with Gasteiger partial charge < -0.3 is 0 Å². The molecule has 2 unspecified atom stereocenters. The lowest BCUT2D eigenvalue weighted by molar-refractivity contribution is 0.429. The molecule has 0 aromatic carbocycles. The quantitative estimate of drug-likeness (QED) is 0.531. The van der Waals surface area contributed by atoms with Crippen LogP contribution in [0.4, 0.5) is 0 Å². The molecule has 0 saturated heterocycles. The molecule has 0 radical (unpaired) electrons. The fraction of sp³-hybridized carbons (Fsp3) is 0.538. The predicted molar refractivity (Wildman–Crippen MR) is 57.4 cm³/mol. The average Bonchev–Trinajstić information content (AvgIpc) is 2.17. The highest BCUT2D eigenvalue weighted by atomic mass is 14.3. The van der Waals surface area contributed by atoms with Gasteiger partial charge in [0.2, 0.25) is 0 Å². The van der Waals surface area contributed by atoms with Crippen molar-refractivity contribution in [2.75, 3.05) is 0 Å². The van der Waals surface area contributed by atoms with Crippen molar-refractivity contribution in [3.63, 3.8) is 0 Å². The van der Waals surface area contributed by atoms with E-state index >= 15 is 0 Å². The van der Waals surface area contributed by atoms with Gasteiger partial charge in [-0.3, -0.25) is 0 Å². The van der Waals surface area contributed by atoms with Crippen LogP contribution in [0.15, 0.2) is 36.0 Å². The van der Waals surface area contributed by atoms with Crippen molar-refractivity contribution >= 4 is 0 Å². The van der Waals surface area contributed by atoms with Crippen molar-refractivity contribution in [3.05, 3.63) is 36.0 Å². The zero-order valence-electron chi connectivity index (χ0n) is 8.53. The van der Waals surface area contributed by atoms with Gasteiger partial charge in [-0.2, -0.15) is 0 Å². The fourth-order valence-corrected chi connectivity index (χ4v) is 2.48. The molecule has 0 heterocycles. The van der Waals surface area contributed by atoms with Crippen LogP contribution >= 0.6 is 0 Å². The third kappa shape index (κ3) is 1.63. The second-order valence-electron chi connectivity index (χ2n) is 4.40. The molecule has 13 heavy (non-hydrogen) atoms. The number of hydrogen-bond acceptors (Lipinski definition) is 0. The van der Waals surface area contributed by atoms with E-state index < -0.39 is 0 Å². The molecule has 0 spiro atoms. The second-order valence-corrected chi connectivity index (χ2v) is 4.40. The van der Waals surface area contributed by atoms with Crippen LogP contribution in [-0.4, -0.2) is 0 Å². The number of rotatable bonds is 1. The first-order valence-electron chi connectivity index (χ1n) is 5.34. The Kier molecular flexibility index (Phi) is 2.39. The van der Waals surface area contributed by atoms with Gasteiger partial charge in [0.05, 0.1) is 0 Å². The highest BCUT2D eigenvalue weighted by Gasteiger charge is 2.26. The lowest BCUT2D eigenvalue weighted by Crippen LogP contribution is -2.21. The Balaban J connectivity index is 2.25. The van der Waals surface area contributed by atoms with Gasteiger partial charge in [-0.15, -0.1) is 0 Å². The first-order chi connectivity index (χ1) is 6.29. The van der Waals surface area contributed by atoms with E-state index in [2.05, 4.69) is 44.2 Å². The Bertz CT molecular complexity index is 266. The summed E-state index contributed by atoms with van der Waals surface area (Å²) in [7, 11) is 0. The van der Waals surface area contributed by atoms with Crippen LogP contribution in [0.3, 0.4) is 0 Å². The van der Waals surface area contributed by atoms with E-state index in [9.17, 15) is 0 Å². The number of fused-ring (bicyclic) bond motifs is 1. The smallest absolute Gasteiger partial charge is 0.00155 e. The highest BCUT2D eigenvalue weighted by Crippen LogP contribution is 2.37. The molecule has 2 aliphatic rings. The molecule has 2 rings (SSSR count). The maximum atomic E-state index is 2.38. The van der Waals surface area contributed by atoms with Crippen LogP contribution in [0.1, 0.15) is 26.7 Å². The molecule has 0 fully saturated rings. The molecule has 0 N–H and O–H groups in total. The summed E-state index contributed by atoms with van der Waals surface area (Å²) in [6.45, 7) is 4.61. The van der Waals surface area contributed by atoms with Crippen molar-refractivity contribution in [1.82, 2.24) is 0 Å². The monoisotopic (exact) mass is 174 g/mol. The normalized spacial score (nSPS) is 31.8. The van der Waals surface area contributed by atoms with Gasteiger partial charge in [0, 0.05) is 5.92 Å². The average molecular weight is 174 g/mol. The van der Waals surface area contributed by atoms with Gasteiger partial charge in [0.15, 0.2) is 0 Å². The van der Waals surface area contributed by atoms with E-state index in [1.165, 1.54) is 12.8 Å². The molecule has 0 aromatic rings. The topological polar surface area (TPSA) is 0 Å². The fourth-order valence-electron chi connectivity index (χ4n) is 2.48. The summed E-state index contributed by atoms with van der Waals surface area (Å²) in [5.41, 5.74) is 1.65. The number of hydrogen-bond donors (Lipinski definition) is 0. The van der Waals surface area contributed by atoms with E-state index in [0.717, 1.165) is 5.92 Å². The van der Waals surface area contributed by atoms with Crippen LogP contribution in [0, 0.1) is 17.8 Å². The Morgan fingerprint density at radius 1 is 1.31 bits per heavy atom. The maximum Gasteiger partial charge on any atom is 0.00155 e. The van der Waals surface area contributed by atoms with Gasteiger partial charge in [0.1, 0.15) is 0 Å². The van der Waals surface area contributed by atoms with E-state index in [0.29, 0.717) is 11.8 Å². The summed E-state index contributed by atoms with van der Waals surface area (Å²) in [5, 5.41) is 0. The molecule has 0 heteroatoms. The summed E-state index contributed by atoms with van der Waals surface area (Å²) in [5.74, 6) is 2.20. The molecule has 0 saturated carbocycles. The third-order valence-corrected chi connectivity index (χ3v) is 3.18. The Morgan fingerprint density at radius 3 is 2.92 bits per heavy atom. The minimum Gasteiger partial charge on any atom is -0.0879 e. The molecule has 0 amide bonds. The Morgan fingerprint density at radius 2 is 2.15 bits per heavy atom. The predicted octanol–water partition coefficient (Wildman–Crippen LogP) is 3.72.